The van der Waals surface area contributed by atoms with E-state index in [2.05, 4.69) is 41.5 Å². The largest absolute Gasteiger partial charge is 0.460 e. The molecular weight excluding hydrogens is 564 g/mol. The summed E-state index contributed by atoms with van der Waals surface area (Å²) in [7, 11) is 0. The van der Waals surface area contributed by atoms with Gasteiger partial charge in [0.2, 0.25) is 11.8 Å². The second-order valence-electron chi connectivity index (χ2n) is 9.80. The van der Waals surface area contributed by atoms with Gasteiger partial charge < -0.3 is 26.0 Å². The zero-order chi connectivity index (χ0) is 30.5. The van der Waals surface area contributed by atoms with Crippen LogP contribution in [0.4, 0.5) is 9.93 Å². The minimum absolute atomic E-state index is 0.0220. The smallest absolute Gasteiger partial charge is 0.321 e. The van der Waals surface area contributed by atoms with Crippen molar-refractivity contribution < 1.29 is 28.7 Å². The number of carbonyl (C=O) groups is 5. The molecule has 0 unspecified atom stereocenters. The number of anilines is 1. The van der Waals surface area contributed by atoms with Gasteiger partial charge in [0.1, 0.15) is 17.3 Å². The molecule has 3 aromatic rings. The molecule has 3 heterocycles. The Labute approximate surface area is 246 Å². The van der Waals surface area contributed by atoms with E-state index in [1.807, 2.05) is 0 Å². The van der Waals surface area contributed by atoms with Crippen LogP contribution in [0.15, 0.2) is 54.2 Å². The van der Waals surface area contributed by atoms with Crippen LogP contribution in [0.3, 0.4) is 0 Å². The summed E-state index contributed by atoms with van der Waals surface area (Å²) in [5, 5.41) is 14.2. The maximum atomic E-state index is 12.8. The van der Waals surface area contributed by atoms with Crippen molar-refractivity contribution in [3.63, 3.8) is 0 Å². The fraction of sp³-hybridized carbons (Fsp3) is 0.333. The van der Waals surface area contributed by atoms with E-state index < -0.39 is 54.3 Å². The number of hydrogen-bond donors (Lipinski definition) is 5. The average molecular weight is 597 g/mol. The summed E-state index contributed by atoms with van der Waals surface area (Å²) >= 11 is 1.02. The van der Waals surface area contributed by atoms with E-state index in [1.54, 1.807) is 69.6 Å². The Balaban J connectivity index is 1.50. The van der Waals surface area contributed by atoms with Crippen molar-refractivity contribution >= 4 is 46.2 Å². The molecule has 0 spiro atoms. The van der Waals surface area contributed by atoms with Crippen LogP contribution in [0.25, 0.3) is 0 Å². The molecule has 0 saturated heterocycles. The van der Waals surface area contributed by atoms with Crippen LogP contribution in [0.1, 0.15) is 49.1 Å². The molecule has 15 heteroatoms. The fourth-order valence-electron chi connectivity index (χ4n) is 3.31. The molecule has 0 aliphatic rings. The lowest BCUT2D eigenvalue weighted by molar-refractivity contribution is -0.156. The molecule has 1 atom stereocenters. The van der Waals surface area contributed by atoms with Crippen molar-refractivity contribution in [3.05, 3.63) is 71.3 Å². The Bertz CT molecular complexity index is 1380. The van der Waals surface area contributed by atoms with Gasteiger partial charge in [0.15, 0.2) is 5.13 Å². The molecule has 5 amide bonds. The highest BCUT2D eigenvalue weighted by atomic mass is 32.1. The molecule has 0 aliphatic carbocycles. The van der Waals surface area contributed by atoms with Crippen molar-refractivity contribution in [2.24, 2.45) is 0 Å². The lowest BCUT2D eigenvalue weighted by Crippen LogP contribution is -2.50. The quantitative estimate of drug-likeness (QED) is 0.193. The first-order valence-corrected chi connectivity index (χ1v) is 13.7. The first-order chi connectivity index (χ1) is 20.0. The minimum atomic E-state index is -1.26. The van der Waals surface area contributed by atoms with E-state index in [0.29, 0.717) is 11.4 Å². The lowest BCUT2D eigenvalue weighted by atomic mass is 10.1. The molecule has 0 fully saturated rings. The van der Waals surface area contributed by atoms with Crippen LogP contribution in [0.5, 0.6) is 0 Å². The molecule has 5 N–H and O–H groups in total. The number of carbonyl (C=O) groups excluding carboxylic acids is 5. The molecule has 0 aromatic carbocycles. The minimum Gasteiger partial charge on any atom is -0.460 e. The number of esters is 1. The number of amides is 5. The highest BCUT2D eigenvalue weighted by Gasteiger charge is 2.27. The first kappa shape index (κ1) is 31.6. The Hall–Kier alpha value is -4.92. The van der Waals surface area contributed by atoms with Gasteiger partial charge in [0, 0.05) is 17.8 Å². The van der Waals surface area contributed by atoms with Crippen LogP contribution in [0, 0.1) is 0 Å². The highest BCUT2D eigenvalue weighted by molar-refractivity contribution is 7.14. The Morgan fingerprint density at radius 2 is 1.55 bits per heavy atom. The summed E-state index contributed by atoms with van der Waals surface area (Å²) in [5.41, 5.74) is 0.448. The number of thiazole rings is 1. The van der Waals surface area contributed by atoms with Crippen molar-refractivity contribution in [2.75, 3.05) is 11.9 Å². The van der Waals surface area contributed by atoms with E-state index in [1.165, 1.54) is 5.38 Å². The number of nitrogens with one attached hydrogen (secondary N) is 5. The maximum absolute atomic E-state index is 12.8. The molecular formula is C27H32N8O6S. The number of ether oxygens (including phenoxy) is 1. The second kappa shape index (κ2) is 15.2. The zero-order valence-corrected chi connectivity index (χ0v) is 24.1. The van der Waals surface area contributed by atoms with E-state index in [-0.39, 0.29) is 23.9 Å². The van der Waals surface area contributed by atoms with E-state index in [9.17, 15) is 24.0 Å². The van der Waals surface area contributed by atoms with Crippen molar-refractivity contribution in [1.29, 1.82) is 0 Å². The Kier molecular flexibility index (Phi) is 11.4. The number of urea groups is 1. The van der Waals surface area contributed by atoms with Gasteiger partial charge in [-0.25, -0.2) is 9.78 Å². The van der Waals surface area contributed by atoms with Crippen molar-refractivity contribution in [1.82, 2.24) is 36.2 Å². The van der Waals surface area contributed by atoms with E-state index in [0.717, 1.165) is 11.3 Å². The SMILES string of the molecule is CC(C)(C)OC(=O)C[C@H](NC(=O)CNC(=O)c1csc(NC(=O)NCc2ccccn2)n1)C(=O)NCc1ccccn1. The number of pyridine rings is 2. The van der Waals surface area contributed by atoms with Crippen LogP contribution >= 0.6 is 11.3 Å². The molecule has 3 aromatic heterocycles. The van der Waals surface area contributed by atoms with Crippen molar-refractivity contribution in [2.45, 2.75) is 51.9 Å². The van der Waals surface area contributed by atoms with Crippen LogP contribution in [-0.2, 0) is 32.2 Å². The van der Waals surface area contributed by atoms with E-state index >= 15 is 0 Å². The number of rotatable bonds is 12. The van der Waals surface area contributed by atoms with Crippen LogP contribution in [-0.4, -0.2) is 62.9 Å². The standard InChI is InChI=1S/C27H32N8O6S/c1-27(2,3)41-22(37)12-19(23(38)30-13-17-8-4-6-10-28-17)33-21(36)15-31-24(39)20-16-42-26(34-20)35-25(40)32-14-18-9-5-7-11-29-18/h4-11,16,19H,12-15H2,1-3H3,(H,30,38)(H,31,39)(H,33,36)(H2,32,34,35,40)/t19-/m0/s1. The van der Waals surface area contributed by atoms with Gasteiger partial charge in [-0.1, -0.05) is 12.1 Å². The molecule has 0 aliphatic heterocycles. The van der Waals surface area contributed by atoms with Gasteiger partial charge in [0.05, 0.1) is 37.4 Å². The first-order valence-electron chi connectivity index (χ1n) is 12.9. The van der Waals surface area contributed by atoms with Gasteiger partial charge >= 0.3 is 12.0 Å². The third-order valence-electron chi connectivity index (χ3n) is 5.14. The van der Waals surface area contributed by atoms with Gasteiger partial charge in [0.25, 0.3) is 5.91 Å². The van der Waals surface area contributed by atoms with Gasteiger partial charge in [-0.2, -0.15) is 0 Å². The third-order valence-corrected chi connectivity index (χ3v) is 5.89. The number of hydrogen-bond acceptors (Lipinski definition) is 10. The maximum Gasteiger partial charge on any atom is 0.321 e. The van der Waals surface area contributed by atoms with Gasteiger partial charge in [-0.15, -0.1) is 11.3 Å². The highest BCUT2D eigenvalue weighted by Crippen LogP contribution is 2.15. The van der Waals surface area contributed by atoms with Crippen LogP contribution < -0.4 is 26.6 Å². The summed E-state index contributed by atoms with van der Waals surface area (Å²) < 4.78 is 5.29. The van der Waals surface area contributed by atoms with Gasteiger partial charge in [-0.05, 0) is 45.0 Å². The topological polar surface area (TPSA) is 193 Å². The van der Waals surface area contributed by atoms with Gasteiger partial charge in [-0.3, -0.25) is 34.5 Å². The molecule has 222 valence electrons. The molecule has 0 saturated carbocycles. The normalized spacial score (nSPS) is 11.5. The molecule has 3 rings (SSSR count). The summed E-state index contributed by atoms with van der Waals surface area (Å²) in [4.78, 5) is 74.8. The zero-order valence-electron chi connectivity index (χ0n) is 23.3. The van der Waals surface area contributed by atoms with Crippen LogP contribution in [0.2, 0.25) is 0 Å². The summed E-state index contributed by atoms with van der Waals surface area (Å²) in [6, 6.07) is 8.74. The predicted octanol–water partition coefficient (Wildman–Crippen LogP) is 1.52. The lowest BCUT2D eigenvalue weighted by Gasteiger charge is -2.22. The number of nitrogens with zero attached hydrogens (tertiary/aromatic N) is 3. The average Bonchev–Trinajstić information content (AvgIpc) is 3.41. The Morgan fingerprint density at radius 1 is 0.905 bits per heavy atom. The monoisotopic (exact) mass is 596 g/mol. The van der Waals surface area contributed by atoms with Crippen molar-refractivity contribution in [3.8, 4) is 0 Å². The third kappa shape index (κ3) is 11.3. The Morgan fingerprint density at radius 3 is 2.14 bits per heavy atom. The van der Waals surface area contributed by atoms with E-state index in [4.69, 9.17) is 4.74 Å². The summed E-state index contributed by atoms with van der Waals surface area (Å²) in [5.74, 6) is -2.70. The molecule has 0 bridgehead atoms. The summed E-state index contributed by atoms with van der Waals surface area (Å²) in [6.07, 6.45) is 2.76. The molecule has 0 radical (unpaired) electrons. The molecule has 42 heavy (non-hydrogen) atoms. The second-order valence-corrected chi connectivity index (χ2v) is 10.7. The fourth-order valence-corrected chi connectivity index (χ4v) is 4.00. The summed E-state index contributed by atoms with van der Waals surface area (Å²) in [6.45, 7) is 4.84. The number of aromatic nitrogens is 3. The predicted molar refractivity (Wildman–Crippen MR) is 153 cm³/mol. The molecule has 14 nitrogen and oxygen atoms in total.